The standard InChI is InChI=1S/C15H12Br2N2/c16-12-2-4-15-11(8-12)5-6-19(15)9-10-1-3-13(17)14(18)7-10/h1-8H,9,18H2. The first-order chi connectivity index (χ1) is 9.13. The summed E-state index contributed by atoms with van der Waals surface area (Å²) in [7, 11) is 0. The molecule has 0 amide bonds. The van der Waals surface area contributed by atoms with Gasteiger partial charge in [-0.25, -0.2) is 0 Å². The number of anilines is 1. The van der Waals surface area contributed by atoms with Crippen molar-refractivity contribution in [1.29, 1.82) is 0 Å². The fourth-order valence-corrected chi connectivity index (χ4v) is 2.82. The molecule has 0 spiro atoms. The molecular weight excluding hydrogens is 368 g/mol. The smallest absolute Gasteiger partial charge is 0.0484 e. The first-order valence-electron chi connectivity index (χ1n) is 5.92. The molecule has 0 saturated carbocycles. The van der Waals surface area contributed by atoms with Crippen LogP contribution in [0.4, 0.5) is 5.69 Å². The number of aromatic nitrogens is 1. The molecule has 0 unspecified atom stereocenters. The van der Waals surface area contributed by atoms with E-state index in [1.54, 1.807) is 0 Å². The molecule has 0 aliphatic heterocycles. The van der Waals surface area contributed by atoms with Gasteiger partial charge in [0.2, 0.25) is 0 Å². The number of nitrogens with two attached hydrogens (primary N) is 1. The molecule has 1 heterocycles. The Kier molecular flexibility index (Phi) is 3.37. The monoisotopic (exact) mass is 378 g/mol. The zero-order valence-electron chi connectivity index (χ0n) is 10.1. The number of halogens is 2. The molecular formula is C15H12Br2N2. The summed E-state index contributed by atoms with van der Waals surface area (Å²) >= 11 is 6.91. The highest BCUT2D eigenvalue weighted by atomic mass is 79.9. The summed E-state index contributed by atoms with van der Waals surface area (Å²) < 4.78 is 4.27. The van der Waals surface area contributed by atoms with Crippen LogP contribution in [-0.4, -0.2) is 4.57 Å². The van der Waals surface area contributed by atoms with E-state index in [2.05, 4.69) is 73.0 Å². The molecule has 19 heavy (non-hydrogen) atoms. The van der Waals surface area contributed by atoms with Crippen molar-refractivity contribution in [2.75, 3.05) is 5.73 Å². The molecule has 0 aliphatic carbocycles. The van der Waals surface area contributed by atoms with Crippen LogP contribution < -0.4 is 5.73 Å². The molecule has 4 heteroatoms. The highest BCUT2D eigenvalue weighted by molar-refractivity contribution is 9.10. The molecule has 0 aliphatic rings. The molecule has 2 aromatic carbocycles. The average Bonchev–Trinajstić information content (AvgIpc) is 2.76. The third-order valence-electron chi connectivity index (χ3n) is 3.15. The number of hydrogen-bond donors (Lipinski definition) is 1. The van der Waals surface area contributed by atoms with E-state index in [-0.39, 0.29) is 0 Å². The van der Waals surface area contributed by atoms with Gasteiger partial charge in [0.15, 0.2) is 0 Å². The van der Waals surface area contributed by atoms with Crippen LogP contribution in [0.3, 0.4) is 0 Å². The predicted octanol–water partition coefficient (Wildman–Crippen LogP) is 4.80. The lowest BCUT2D eigenvalue weighted by Crippen LogP contribution is -1.99. The SMILES string of the molecule is Nc1cc(Cn2ccc3cc(Br)ccc32)ccc1Br. The Labute approximate surface area is 128 Å². The Morgan fingerprint density at radius 2 is 1.84 bits per heavy atom. The summed E-state index contributed by atoms with van der Waals surface area (Å²) in [5, 5.41) is 1.24. The van der Waals surface area contributed by atoms with Crippen molar-refractivity contribution >= 4 is 48.5 Å². The quantitative estimate of drug-likeness (QED) is 0.637. The largest absolute Gasteiger partial charge is 0.398 e. The third-order valence-corrected chi connectivity index (χ3v) is 4.36. The molecule has 0 bridgehead atoms. The summed E-state index contributed by atoms with van der Waals surface area (Å²) in [6.45, 7) is 0.822. The van der Waals surface area contributed by atoms with Crippen molar-refractivity contribution in [3.63, 3.8) is 0 Å². The van der Waals surface area contributed by atoms with Crippen molar-refractivity contribution in [1.82, 2.24) is 4.57 Å². The second kappa shape index (κ2) is 5.02. The van der Waals surface area contributed by atoms with E-state index >= 15 is 0 Å². The molecule has 1 aromatic heterocycles. The van der Waals surface area contributed by atoms with Gasteiger partial charge in [0, 0.05) is 38.3 Å². The average molecular weight is 380 g/mol. The molecule has 0 atom stereocenters. The molecule has 0 fully saturated rings. The van der Waals surface area contributed by atoms with Gasteiger partial charge in [-0.1, -0.05) is 22.0 Å². The highest BCUT2D eigenvalue weighted by Crippen LogP contribution is 2.24. The van der Waals surface area contributed by atoms with Gasteiger partial charge in [0.05, 0.1) is 0 Å². The van der Waals surface area contributed by atoms with E-state index in [0.717, 1.165) is 21.2 Å². The van der Waals surface area contributed by atoms with Gasteiger partial charge in [-0.2, -0.15) is 0 Å². The molecule has 0 saturated heterocycles. The highest BCUT2D eigenvalue weighted by Gasteiger charge is 2.04. The van der Waals surface area contributed by atoms with Crippen LogP contribution >= 0.6 is 31.9 Å². The minimum Gasteiger partial charge on any atom is -0.398 e. The Morgan fingerprint density at radius 1 is 1.00 bits per heavy atom. The van der Waals surface area contributed by atoms with Gasteiger partial charge in [-0.15, -0.1) is 0 Å². The summed E-state index contributed by atoms with van der Waals surface area (Å²) in [6.07, 6.45) is 2.11. The van der Waals surface area contributed by atoms with Crippen molar-refractivity contribution < 1.29 is 0 Å². The lowest BCUT2D eigenvalue weighted by molar-refractivity contribution is 0.837. The van der Waals surface area contributed by atoms with Gasteiger partial charge in [0.1, 0.15) is 0 Å². The Hall–Kier alpha value is -1.26. The lowest BCUT2D eigenvalue weighted by Gasteiger charge is -2.07. The minimum atomic E-state index is 0.775. The van der Waals surface area contributed by atoms with E-state index in [4.69, 9.17) is 5.73 Å². The molecule has 2 nitrogen and oxygen atoms in total. The van der Waals surface area contributed by atoms with Gasteiger partial charge < -0.3 is 10.3 Å². The van der Waals surface area contributed by atoms with Gasteiger partial charge in [-0.05, 0) is 57.9 Å². The lowest BCUT2D eigenvalue weighted by atomic mass is 10.2. The van der Waals surface area contributed by atoms with Crippen LogP contribution in [0, 0.1) is 0 Å². The summed E-state index contributed by atoms with van der Waals surface area (Å²) in [4.78, 5) is 0. The Balaban J connectivity index is 1.98. The van der Waals surface area contributed by atoms with Crippen molar-refractivity contribution in [2.24, 2.45) is 0 Å². The first kappa shape index (κ1) is 12.8. The van der Waals surface area contributed by atoms with Crippen LogP contribution in [0.5, 0.6) is 0 Å². The number of hydrogen-bond acceptors (Lipinski definition) is 1. The number of benzene rings is 2. The van der Waals surface area contributed by atoms with E-state index < -0.39 is 0 Å². The number of fused-ring (bicyclic) bond motifs is 1. The second-order valence-corrected chi connectivity index (χ2v) is 6.27. The van der Waals surface area contributed by atoms with E-state index in [9.17, 15) is 0 Å². The molecule has 96 valence electrons. The number of rotatable bonds is 2. The van der Waals surface area contributed by atoms with E-state index in [0.29, 0.717) is 0 Å². The van der Waals surface area contributed by atoms with Crippen molar-refractivity contribution in [2.45, 2.75) is 6.54 Å². The van der Waals surface area contributed by atoms with Crippen LogP contribution in [-0.2, 0) is 6.54 Å². The maximum atomic E-state index is 5.92. The number of nitrogen functional groups attached to an aromatic ring is 1. The third kappa shape index (κ3) is 2.55. The maximum absolute atomic E-state index is 5.92. The zero-order valence-corrected chi connectivity index (χ0v) is 13.3. The Morgan fingerprint density at radius 3 is 2.63 bits per heavy atom. The van der Waals surface area contributed by atoms with Gasteiger partial charge in [-0.3, -0.25) is 0 Å². The number of nitrogens with zero attached hydrogens (tertiary/aromatic N) is 1. The predicted molar refractivity (Wildman–Crippen MR) is 87.3 cm³/mol. The van der Waals surface area contributed by atoms with Crippen LogP contribution in [0.1, 0.15) is 5.56 Å². The fourth-order valence-electron chi connectivity index (χ4n) is 2.20. The van der Waals surface area contributed by atoms with Gasteiger partial charge >= 0.3 is 0 Å². The first-order valence-corrected chi connectivity index (χ1v) is 7.50. The minimum absolute atomic E-state index is 0.775. The molecule has 2 N–H and O–H groups in total. The second-order valence-electron chi connectivity index (χ2n) is 4.50. The molecule has 3 aromatic rings. The Bertz CT molecular complexity index is 747. The summed E-state index contributed by atoms with van der Waals surface area (Å²) in [5.41, 5.74) is 9.12. The normalized spacial score (nSPS) is 11.1. The topological polar surface area (TPSA) is 30.9 Å². The van der Waals surface area contributed by atoms with Crippen LogP contribution in [0.15, 0.2) is 57.6 Å². The maximum Gasteiger partial charge on any atom is 0.0484 e. The van der Waals surface area contributed by atoms with Crippen LogP contribution in [0.2, 0.25) is 0 Å². The van der Waals surface area contributed by atoms with Crippen LogP contribution in [0.25, 0.3) is 10.9 Å². The van der Waals surface area contributed by atoms with Crippen molar-refractivity contribution in [3.05, 3.63) is 63.2 Å². The summed E-state index contributed by atoms with van der Waals surface area (Å²) in [6, 6.07) is 14.5. The van der Waals surface area contributed by atoms with Gasteiger partial charge in [0.25, 0.3) is 0 Å². The van der Waals surface area contributed by atoms with Crippen molar-refractivity contribution in [3.8, 4) is 0 Å². The van der Waals surface area contributed by atoms with E-state index in [1.807, 2.05) is 12.1 Å². The molecule has 0 radical (unpaired) electrons. The zero-order chi connectivity index (χ0) is 13.4. The van der Waals surface area contributed by atoms with E-state index in [1.165, 1.54) is 16.5 Å². The molecule has 3 rings (SSSR count). The summed E-state index contributed by atoms with van der Waals surface area (Å²) in [5.74, 6) is 0. The fraction of sp³-hybridized carbons (Fsp3) is 0.0667.